The van der Waals surface area contributed by atoms with Crippen LogP contribution < -0.4 is 5.76 Å². The van der Waals surface area contributed by atoms with Gasteiger partial charge in [0.25, 0.3) is 0 Å². The third-order valence-corrected chi connectivity index (χ3v) is 2.08. The molecule has 6 nitrogen and oxygen atoms in total. The van der Waals surface area contributed by atoms with Crippen molar-refractivity contribution in [2.24, 2.45) is 0 Å². The maximum absolute atomic E-state index is 11.5. The van der Waals surface area contributed by atoms with Crippen molar-refractivity contribution in [1.82, 2.24) is 4.98 Å². The van der Waals surface area contributed by atoms with Crippen molar-refractivity contribution >= 4 is 22.9 Å². The first-order valence-electron chi connectivity index (χ1n) is 4.64. The molecule has 1 aromatic carbocycles. The number of benzene rings is 1. The average molecular weight is 233 g/mol. The van der Waals surface area contributed by atoms with E-state index in [1.807, 2.05) is 0 Å². The molecule has 2 rings (SSSR count). The van der Waals surface area contributed by atoms with E-state index < -0.39 is 17.5 Å². The van der Waals surface area contributed by atoms with E-state index in [2.05, 4.69) is 4.98 Å². The van der Waals surface area contributed by atoms with Crippen LogP contribution in [0.15, 0.2) is 39.6 Å². The van der Waals surface area contributed by atoms with Crippen LogP contribution in [0, 0.1) is 0 Å². The van der Waals surface area contributed by atoms with E-state index >= 15 is 0 Å². The molecule has 0 bridgehead atoms. The number of nitrogens with one attached hydrogen (secondary N) is 1. The summed E-state index contributed by atoms with van der Waals surface area (Å²) in [5.74, 6) is -2.28. The predicted molar refractivity (Wildman–Crippen MR) is 57.9 cm³/mol. The molecule has 0 fully saturated rings. The van der Waals surface area contributed by atoms with Gasteiger partial charge in [0.05, 0.1) is 5.52 Å². The van der Waals surface area contributed by atoms with E-state index in [0.717, 1.165) is 12.2 Å². The Labute approximate surface area is 94.2 Å². The second-order valence-electron chi connectivity index (χ2n) is 3.26. The van der Waals surface area contributed by atoms with Crippen LogP contribution in [0.2, 0.25) is 0 Å². The van der Waals surface area contributed by atoms with E-state index in [1.54, 1.807) is 0 Å². The Bertz CT molecular complexity index is 676. The van der Waals surface area contributed by atoms with Crippen molar-refractivity contribution in [3.05, 3.63) is 46.5 Å². The molecule has 0 aliphatic carbocycles. The van der Waals surface area contributed by atoms with E-state index in [0.29, 0.717) is 5.52 Å². The fourth-order valence-corrected chi connectivity index (χ4v) is 1.34. The van der Waals surface area contributed by atoms with Crippen molar-refractivity contribution < 1.29 is 19.1 Å². The lowest BCUT2D eigenvalue weighted by atomic mass is 10.1. The minimum absolute atomic E-state index is 0.248. The summed E-state index contributed by atoms with van der Waals surface area (Å²) in [6.45, 7) is 0. The molecule has 1 heterocycles. The number of hydrogen-bond donors (Lipinski definition) is 2. The Morgan fingerprint density at radius 3 is 2.76 bits per heavy atom. The minimum Gasteiger partial charge on any atom is -0.478 e. The number of carbonyl (C=O) groups excluding carboxylic acids is 1. The van der Waals surface area contributed by atoms with Crippen LogP contribution >= 0.6 is 0 Å². The van der Waals surface area contributed by atoms with Crippen molar-refractivity contribution in [1.29, 1.82) is 0 Å². The number of allylic oxidation sites excluding steroid dienone is 1. The summed E-state index contributed by atoms with van der Waals surface area (Å²) >= 11 is 0. The van der Waals surface area contributed by atoms with Crippen LogP contribution in [0.3, 0.4) is 0 Å². The molecule has 0 atom stereocenters. The molecule has 0 aliphatic heterocycles. The zero-order valence-corrected chi connectivity index (χ0v) is 8.47. The summed E-state index contributed by atoms with van der Waals surface area (Å²) in [6, 6.07) is 4.37. The van der Waals surface area contributed by atoms with Crippen molar-refractivity contribution in [3.63, 3.8) is 0 Å². The first-order chi connectivity index (χ1) is 8.06. The largest absolute Gasteiger partial charge is 0.478 e. The number of oxazole rings is 1. The van der Waals surface area contributed by atoms with Crippen molar-refractivity contribution in [2.75, 3.05) is 0 Å². The standard InChI is InChI=1S/C11H7NO5/c13-8(3-4-10(14)15)6-1-2-7-9(5-6)17-11(16)12-7/h1-5H,(H,12,16)(H,14,15)/b4-3+. The monoisotopic (exact) mass is 233 g/mol. The molecule has 0 saturated carbocycles. The lowest BCUT2D eigenvalue weighted by Crippen LogP contribution is -1.96. The molecule has 0 radical (unpaired) electrons. The molecule has 17 heavy (non-hydrogen) atoms. The minimum atomic E-state index is -1.20. The van der Waals surface area contributed by atoms with Crippen LogP contribution in [0.1, 0.15) is 10.4 Å². The number of H-pyrrole nitrogens is 1. The van der Waals surface area contributed by atoms with Crippen LogP contribution in [-0.4, -0.2) is 21.8 Å². The number of aromatic amines is 1. The van der Waals surface area contributed by atoms with Gasteiger partial charge in [-0.1, -0.05) is 0 Å². The Morgan fingerprint density at radius 2 is 2.06 bits per heavy atom. The molecule has 0 unspecified atom stereocenters. The molecule has 1 aromatic heterocycles. The van der Waals surface area contributed by atoms with E-state index in [9.17, 15) is 14.4 Å². The van der Waals surface area contributed by atoms with Gasteiger partial charge >= 0.3 is 11.7 Å². The summed E-state index contributed by atoms with van der Waals surface area (Å²) < 4.78 is 4.78. The highest BCUT2D eigenvalue weighted by atomic mass is 16.4. The molecule has 0 amide bonds. The SMILES string of the molecule is O=C(O)/C=C/C(=O)c1ccc2[nH]c(=O)oc2c1. The number of aromatic nitrogens is 1. The Kier molecular flexibility index (Phi) is 2.61. The number of carbonyl (C=O) groups is 2. The molecule has 0 spiro atoms. The molecule has 0 aliphatic rings. The maximum Gasteiger partial charge on any atom is 0.417 e. The number of hydrogen-bond acceptors (Lipinski definition) is 4. The quantitative estimate of drug-likeness (QED) is 0.607. The first kappa shape index (κ1) is 10.9. The van der Waals surface area contributed by atoms with Crippen molar-refractivity contribution in [3.8, 4) is 0 Å². The number of fused-ring (bicyclic) bond motifs is 1. The van der Waals surface area contributed by atoms with Gasteiger partial charge in [-0.05, 0) is 24.3 Å². The number of aliphatic carboxylic acids is 1. The molecule has 86 valence electrons. The lowest BCUT2D eigenvalue weighted by molar-refractivity contribution is -0.131. The predicted octanol–water partition coefficient (Wildman–Crippen LogP) is 0.945. The van der Waals surface area contributed by atoms with Crippen LogP contribution in [0.4, 0.5) is 0 Å². The van der Waals surface area contributed by atoms with Gasteiger partial charge < -0.3 is 9.52 Å². The molecule has 0 saturated heterocycles. The second kappa shape index (κ2) is 4.09. The third-order valence-electron chi connectivity index (χ3n) is 2.08. The Hall–Kier alpha value is -2.63. The molecule has 6 heteroatoms. The number of carboxylic acids is 1. The van der Waals surface area contributed by atoms with Crippen molar-refractivity contribution in [2.45, 2.75) is 0 Å². The molecule has 2 aromatic rings. The van der Waals surface area contributed by atoms with Gasteiger partial charge in [0, 0.05) is 11.6 Å². The summed E-state index contributed by atoms with van der Waals surface area (Å²) in [5, 5.41) is 8.38. The summed E-state index contributed by atoms with van der Waals surface area (Å²) in [7, 11) is 0. The number of carboxylic acid groups (broad SMARTS) is 1. The molecule has 2 N–H and O–H groups in total. The summed E-state index contributed by atoms with van der Waals surface area (Å²) in [6.07, 6.45) is 1.69. The fraction of sp³-hybridized carbons (Fsp3) is 0. The molecular weight excluding hydrogens is 226 g/mol. The van der Waals surface area contributed by atoms with Gasteiger partial charge in [-0.3, -0.25) is 9.78 Å². The Morgan fingerprint density at radius 1 is 1.29 bits per heavy atom. The van der Waals surface area contributed by atoms with Gasteiger partial charge in [-0.25, -0.2) is 9.59 Å². The van der Waals surface area contributed by atoms with Crippen LogP contribution in [0.25, 0.3) is 11.1 Å². The fourth-order valence-electron chi connectivity index (χ4n) is 1.34. The van der Waals surface area contributed by atoms with Gasteiger partial charge in [0.1, 0.15) is 0 Å². The highest BCUT2D eigenvalue weighted by Crippen LogP contribution is 2.13. The first-order valence-corrected chi connectivity index (χ1v) is 4.64. The lowest BCUT2D eigenvalue weighted by Gasteiger charge is -1.94. The summed E-state index contributed by atoms with van der Waals surface area (Å²) in [5.41, 5.74) is 0.982. The Balaban J connectivity index is 2.39. The van der Waals surface area contributed by atoms with E-state index in [1.165, 1.54) is 18.2 Å². The van der Waals surface area contributed by atoms with E-state index in [-0.39, 0.29) is 11.1 Å². The normalized spacial score (nSPS) is 11.1. The number of rotatable bonds is 3. The zero-order chi connectivity index (χ0) is 12.4. The highest BCUT2D eigenvalue weighted by Gasteiger charge is 2.06. The number of ketones is 1. The van der Waals surface area contributed by atoms with Crippen LogP contribution in [-0.2, 0) is 4.79 Å². The van der Waals surface area contributed by atoms with Crippen LogP contribution in [0.5, 0.6) is 0 Å². The van der Waals surface area contributed by atoms with E-state index in [4.69, 9.17) is 9.52 Å². The smallest absolute Gasteiger partial charge is 0.417 e. The van der Waals surface area contributed by atoms with Gasteiger partial charge in [0.2, 0.25) is 0 Å². The van der Waals surface area contributed by atoms with Gasteiger partial charge in [0.15, 0.2) is 11.4 Å². The molecular formula is C11H7NO5. The van der Waals surface area contributed by atoms with Gasteiger partial charge in [-0.15, -0.1) is 0 Å². The maximum atomic E-state index is 11.5. The van der Waals surface area contributed by atoms with Gasteiger partial charge in [-0.2, -0.15) is 0 Å². The topological polar surface area (TPSA) is 100 Å². The zero-order valence-electron chi connectivity index (χ0n) is 8.47. The second-order valence-corrected chi connectivity index (χ2v) is 3.26. The summed E-state index contributed by atoms with van der Waals surface area (Å²) in [4.78, 5) is 35.1. The third kappa shape index (κ3) is 2.31. The highest BCUT2D eigenvalue weighted by molar-refractivity contribution is 6.08. The average Bonchev–Trinajstić information content (AvgIpc) is 2.64.